The van der Waals surface area contributed by atoms with Gasteiger partial charge in [0.15, 0.2) is 0 Å². The maximum Gasteiger partial charge on any atom is 0.310 e. The zero-order valence-electron chi connectivity index (χ0n) is 40.4. The van der Waals surface area contributed by atoms with E-state index in [0.717, 1.165) is 0 Å². The van der Waals surface area contributed by atoms with Gasteiger partial charge < -0.3 is 47.9 Å². The minimum absolute atomic E-state index is 0.0218. The fraction of sp³-hybridized carbons (Fsp3) is 0.417. The van der Waals surface area contributed by atoms with E-state index < -0.39 is 47.8 Å². The molecular weight excluding hydrogens is 1210 g/mol. The first-order valence-corrected chi connectivity index (χ1v) is 25.0. The van der Waals surface area contributed by atoms with E-state index in [2.05, 4.69) is 73.7 Å². The normalized spacial score (nSPS) is 12.1. The molecule has 2 N–H and O–H groups in total. The number of aromatic amines is 2. The Labute approximate surface area is 446 Å². The summed E-state index contributed by atoms with van der Waals surface area (Å²) in [5.74, 6) is -4.99. The lowest BCUT2D eigenvalue weighted by molar-refractivity contribution is -0.141. The number of carbonyl (C=O) groups is 8. The second-order valence-corrected chi connectivity index (χ2v) is 18.9. The average molecular weight is 1260 g/mol. The minimum atomic E-state index is -0.675. The number of halogens is 4. The van der Waals surface area contributed by atoms with Gasteiger partial charge in [-0.1, -0.05) is 0 Å². The van der Waals surface area contributed by atoms with Crippen LogP contribution in [0.15, 0.2) is 17.9 Å². The Hall–Kier alpha value is -5.72. The lowest BCUT2D eigenvalue weighted by Gasteiger charge is -2.10. The van der Waals surface area contributed by atoms with Gasteiger partial charge in [-0.2, -0.15) is 0 Å². The number of aromatic nitrogens is 4. The highest BCUT2D eigenvalue weighted by molar-refractivity contribution is 9.11. The van der Waals surface area contributed by atoms with E-state index in [1.807, 2.05) is 0 Å². The molecule has 0 aliphatic carbocycles. The van der Waals surface area contributed by atoms with Crippen molar-refractivity contribution >= 4 is 156 Å². The molecule has 386 valence electrons. The number of fused-ring (bicyclic) bond motifs is 8. The third-order valence-electron chi connectivity index (χ3n) is 11.9. The van der Waals surface area contributed by atoms with Crippen molar-refractivity contribution < 1.29 is 76.3 Å². The van der Waals surface area contributed by atoms with Gasteiger partial charge in [-0.05, 0) is 134 Å². The van der Waals surface area contributed by atoms with Crippen LogP contribution in [-0.2, 0) is 102 Å². The first kappa shape index (κ1) is 57.2. The van der Waals surface area contributed by atoms with E-state index >= 15 is 0 Å². The maximum atomic E-state index is 13.4. The summed E-state index contributed by atoms with van der Waals surface area (Å²) in [4.78, 5) is 123. The molecule has 8 bridgehead atoms. The smallest absolute Gasteiger partial charge is 0.310 e. The van der Waals surface area contributed by atoms with Crippen LogP contribution in [-0.4, -0.2) is 125 Å². The minimum Gasteiger partial charge on any atom is -0.469 e. The number of H-pyrrole nitrogens is 2. The number of hydrogen-bond acceptors (Lipinski definition) is 18. The second-order valence-electron chi connectivity index (χ2n) is 15.8. The maximum absolute atomic E-state index is 13.4. The molecule has 0 atom stereocenters. The molecule has 20 nitrogen and oxygen atoms in total. The van der Waals surface area contributed by atoms with Gasteiger partial charge >= 0.3 is 47.8 Å². The van der Waals surface area contributed by atoms with Crippen LogP contribution in [0.25, 0.3) is 44.4 Å². The van der Waals surface area contributed by atoms with Crippen molar-refractivity contribution in [3.63, 3.8) is 0 Å². The summed E-state index contributed by atoms with van der Waals surface area (Å²) in [6.07, 6.45) is -2.28. The van der Waals surface area contributed by atoms with Gasteiger partial charge in [0, 0.05) is 25.7 Å². The number of nitrogens with one attached hydrogen (secondary N) is 2. The van der Waals surface area contributed by atoms with Crippen molar-refractivity contribution in [1.82, 2.24) is 19.9 Å². The molecule has 0 saturated carbocycles. The number of methoxy groups -OCH3 is 8. The molecule has 0 spiro atoms. The molecule has 0 radical (unpaired) electrons. The van der Waals surface area contributed by atoms with Crippen molar-refractivity contribution in [1.29, 1.82) is 0 Å². The van der Waals surface area contributed by atoms with Gasteiger partial charge in [0.1, 0.15) is 0 Å². The lowest BCUT2D eigenvalue weighted by Crippen LogP contribution is -2.08. The van der Waals surface area contributed by atoms with E-state index in [1.54, 1.807) is 0 Å². The third-order valence-corrected chi connectivity index (χ3v) is 15.0. The average Bonchev–Trinajstić information content (AvgIpc) is 4.14. The van der Waals surface area contributed by atoms with Gasteiger partial charge in [0.25, 0.3) is 0 Å². The Morgan fingerprint density at radius 2 is 0.569 bits per heavy atom. The fourth-order valence-corrected chi connectivity index (χ4v) is 10.9. The van der Waals surface area contributed by atoms with Crippen molar-refractivity contribution in [3.8, 4) is 0 Å². The molecule has 2 aliphatic heterocycles. The molecule has 0 aromatic carbocycles. The van der Waals surface area contributed by atoms with Crippen molar-refractivity contribution in [2.24, 2.45) is 0 Å². The van der Waals surface area contributed by atoms with E-state index in [1.165, 1.54) is 56.9 Å². The summed E-state index contributed by atoms with van der Waals surface area (Å²) in [6.45, 7) is 0. The standard InChI is InChI=1S/C48H50Br4N4O16/c1-65-29(57)13-9-21-25(17-33(61)69-5)45-38(50)43-23(11-15-31(59)67-3)26(18-34(62)70-6)46(55-43)39(51)44-24(12-16-32(60)68-4)28(20-36(64)72-8)48(56-44)40(52)47-27(19-35(63)71-7)22(10-14-30(58)66-2)42(54-47)37(49)41(21)53-45/h54-55H,9-20H2,1-8H3. The van der Waals surface area contributed by atoms with Gasteiger partial charge in [0.05, 0.1) is 145 Å². The molecule has 2 aliphatic rings. The summed E-state index contributed by atoms with van der Waals surface area (Å²) in [7, 11) is 9.81. The van der Waals surface area contributed by atoms with Gasteiger partial charge in [-0.25, -0.2) is 9.97 Å². The number of hydrogen-bond donors (Lipinski definition) is 2. The first-order valence-electron chi connectivity index (χ1n) is 21.8. The first-order chi connectivity index (χ1) is 34.3. The Bertz CT molecular complexity index is 2970. The van der Waals surface area contributed by atoms with E-state index in [-0.39, 0.29) is 134 Å². The van der Waals surface area contributed by atoms with Crippen LogP contribution in [0.1, 0.15) is 96.4 Å². The topological polar surface area (TPSA) is 268 Å². The summed E-state index contributed by atoms with van der Waals surface area (Å²) in [5, 5.41) is 0. The van der Waals surface area contributed by atoms with E-state index in [9.17, 15) is 38.4 Å². The molecular formula is C48H50Br4N4O16. The molecule has 5 rings (SSSR count). The highest BCUT2D eigenvalue weighted by atomic mass is 79.9. The predicted molar refractivity (Wildman–Crippen MR) is 273 cm³/mol. The van der Waals surface area contributed by atoms with Crippen molar-refractivity contribution in [2.45, 2.75) is 77.0 Å². The number of allylic oxidation sites excluding steroid dienone is 2. The number of carbonyl (C=O) groups excluding carboxylic acids is 8. The highest BCUT2D eigenvalue weighted by Crippen LogP contribution is 2.48. The van der Waals surface area contributed by atoms with Crippen LogP contribution in [0.2, 0.25) is 0 Å². The second kappa shape index (κ2) is 25.8. The van der Waals surface area contributed by atoms with Crippen molar-refractivity contribution in [3.05, 3.63) is 62.9 Å². The molecule has 3 aromatic rings. The summed E-state index contributed by atoms with van der Waals surface area (Å²) in [5.41, 5.74) is 4.68. The molecule has 5 heterocycles. The number of rotatable bonds is 20. The zero-order chi connectivity index (χ0) is 53.1. The molecule has 0 amide bonds. The largest absolute Gasteiger partial charge is 0.469 e. The Morgan fingerprint density at radius 3 is 0.847 bits per heavy atom. The van der Waals surface area contributed by atoms with Crippen LogP contribution in [0.4, 0.5) is 0 Å². The van der Waals surface area contributed by atoms with E-state index in [0.29, 0.717) is 50.1 Å². The number of esters is 8. The predicted octanol–water partition coefficient (Wildman–Crippen LogP) is 7.86. The lowest BCUT2D eigenvalue weighted by atomic mass is 9.96. The molecule has 0 unspecified atom stereocenters. The van der Waals surface area contributed by atoms with Gasteiger partial charge in [0.2, 0.25) is 0 Å². The highest BCUT2D eigenvalue weighted by Gasteiger charge is 2.33. The molecule has 0 fully saturated rings. The van der Waals surface area contributed by atoms with Crippen LogP contribution < -0.4 is 0 Å². The third kappa shape index (κ3) is 12.7. The quantitative estimate of drug-likeness (QED) is 0.0805. The van der Waals surface area contributed by atoms with Crippen LogP contribution in [0.5, 0.6) is 0 Å². The molecule has 24 heteroatoms. The van der Waals surface area contributed by atoms with Crippen LogP contribution in [0.3, 0.4) is 0 Å². The van der Waals surface area contributed by atoms with Crippen LogP contribution in [0, 0.1) is 0 Å². The number of ether oxygens (including phenoxy) is 8. The Kier molecular flexibility index (Phi) is 20.5. The van der Waals surface area contributed by atoms with Crippen molar-refractivity contribution in [2.75, 3.05) is 56.9 Å². The molecule has 72 heavy (non-hydrogen) atoms. The summed E-state index contributed by atoms with van der Waals surface area (Å²) >= 11 is 15.2. The molecule has 3 aromatic heterocycles. The summed E-state index contributed by atoms with van der Waals surface area (Å²) < 4.78 is 41.7. The monoisotopic (exact) mass is 1250 g/mol. The SMILES string of the molecule is COC(=O)CCC1=C(CC(=O)OC)c2nc1c(Br)c1[nH]c(c(Br)c3nc(c(Br)c4[nH]c(c2Br)c(CCC(=O)OC)c4CC(=O)OC)C(CCC(=O)OC)=C3CC(=O)OC)c(CC(=O)OC)c1CCC(=O)OC. The summed E-state index contributed by atoms with van der Waals surface area (Å²) in [6, 6.07) is 0. The van der Waals surface area contributed by atoms with Gasteiger partial charge in [-0.15, -0.1) is 0 Å². The molecule has 0 saturated heterocycles. The van der Waals surface area contributed by atoms with Gasteiger partial charge in [-0.3, -0.25) is 38.4 Å². The Morgan fingerprint density at radius 1 is 0.333 bits per heavy atom. The van der Waals surface area contributed by atoms with Crippen LogP contribution >= 0.6 is 63.7 Å². The van der Waals surface area contributed by atoms with E-state index in [4.69, 9.17) is 47.9 Å². The number of nitrogens with zero attached hydrogens (tertiary/aromatic N) is 2. The zero-order valence-corrected chi connectivity index (χ0v) is 46.8. The number of aryl methyl sites for hydroxylation is 2. The Balaban J connectivity index is 2.25. The fourth-order valence-electron chi connectivity index (χ4n) is 8.21.